The Morgan fingerprint density at radius 1 is 1.11 bits per heavy atom. The Balaban J connectivity index is 2.09. The molecule has 0 amide bonds. The minimum atomic E-state index is -0.434. The van der Waals surface area contributed by atoms with E-state index in [-0.39, 0.29) is 12.3 Å². The molecule has 0 saturated carbocycles. The zero-order valence-electron chi connectivity index (χ0n) is 10.0. The molecular formula is C14H14FNO2. The van der Waals surface area contributed by atoms with E-state index in [2.05, 4.69) is 0 Å². The van der Waals surface area contributed by atoms with Crippen LogP contribution in [0, 0.1) is 5.82 Å². The van der Waals surface area contributed by atoms with Gasteiger partial charge in [0.05, 0.1) is 12.8 Å². The van der Waals surface area contributed by atoms with Crippen LogP contribution >= 0.6 is 0 Å². The highest BCUT2D eigenvalue weighted by atomic mass is 19.1. The lowest BCUT2D eigenvalue weighted by atomic mass is 10.2. The molecule has 0 aliphatic rings. The van der Waals surface area contributed by atoms with E-state index in [0.717, 1.165) is 0 Å². The Morgan fingerprint density at radius 2 is 1.83 bits per heavy atom. The van der Waals surface area contributed by atoms with Crippen molar-refractivity contribution >= 4 is 5.69 Å². The number of hydrogen-bond donors (Lipinski definition) is 1. The van der Waals surface area contributed by atoms with Crippen LogP contribution in [0.4, 0.5) is 10.1 Å². The smallest absolute Gasteiger partial charge is 0.161 e. The van der Waals surface area contributed by atoms with Crippen LogP contribution in [-0.2, 0) is 6.61 Å². The summed E-state index contributed by atoms with van der Waals surface area (Å²) >= 11 is 0. The van der Waals surface area contributed by atoms with Crippen molar-refractivity contribution in [3.05, 3.63) is 53.8 Å². The maximum absolute atomic E-state index is 13.2. The molecule has 0 aliphatic carbocycles. The third-order valence-corrected chi connectivity index (χ3v) is 2.53. The maximum Gasteiger partial charge on any atom is 0.161 e. The number of nitrogens with two attached hydrogens (primary N) is 1. The topological polar surface area (TPSA) is 44.5 Å². The molecule has 2 rings (SSSR count). The zero-order chi connectivity index (χ0) is 13.0. The highest BCUT2D eigenvalue weighted by molar-refractivity contribution is 5.42. The molecule has 0 atom stereocenters. The van der Waals surface area contributed by atoms with E-state index >= 15 is 0 Å². The zero-order valence-corrected chi connectivity index (χ0v) is 10.0. The summed E-state index contributed by atoms with van der Waals surface area (Å²) in [6.07, 6.45) is 0. The lowest BCUT2D eigenvalue weighted by Gasteiger charge is -2.10. The fourth-order valence-electron chi connectivity index (χ4n) is 1.56. The lowest BCUT2D eigenvalue weighted by molar-refractivity contribution is 0.284. The molecule has 18 heavy (non-hydrogen) atoms. The maximum atomic E-state index is 13.2. The van der Waals surface area contributed by atoms with Crippen LogP contribution in [0.3, 0.4) is 0 Å². The van der Waals surface area contributed by atoms with Gasteiger partial charge in [0.1, 0.15) is 12.4 Å². The molecule has 94 valence electrons. The molecule has 0 fully saturated rings. The van der Waals surface area contributed by atoms with Crippen molar-refractivity contribution < 1.29 is 13.9 Å². The fourth-order valence-corrected chi connectivity index (χ4v) is 1.56. The quantitative estimate of drug-likeness (QED) is 0.845. The third kappa shape index (κ3) is 2.71. The van der Waals surface area contributed by atoms with E-state index < -0.39 is 5.82 Å². The molecule has 2 N–H and O–H groups in total. The first-order valence-corrected chi connectivity index (χ1v) is 5.50. The van der Waals surface area contributed by atoms with Crippen LogP contribution < -0.4 is 15.2 Å². The van der Waals surface area contributed by atoms with Gasteiger partial charge >= 0.3 is 0 Å². The van der Waals surface area contributed by atoms with Crippen LogP contribution in [0.15, 0.2) is 42.5 Å². The Morgan fingerprint density at radius 3 is 2.50 bits per heavy atom. The van der Waals surface area contributed by atoms with Crippen molar-refractivity contribution in [2.45, 2.75) is 6.61 Å². The van der Waals surface area contributed by atoms with Crippen LogP contribution in [0.25, 0.3) is 0 Å². The fraction of sp³-hybridized carbons (Fsp3) is 0.143. The molecule has 0 spiro atoms. The Labute approximate surface area is 105 Å². The highest BCUT2D eigenvalue weighted by Crippen LogP contribution is 2.26. The van der Waals surface area contributed by atoms with Crippen molar-refractivity contribution in [2.24, 2.45) is 0 Å². The van der Waals surface area contributed by atoms with Gasteiger partial charge in [-0.25, -0.2) is 4.39 Å². The summed E-state index contributed by atoms with van der Waals surface area (Å²) in [5.74, 6) is 0.835. The predicted molar refractivity (Wildman–Crippen MR) is 68.1 cm³/mol. The van der Waals surface area contributed by atoms with Gasteiger partial charge in [-0.05, 0) is 29.8 Å². The Bertz CT molecular complexity index is 543. The minimum Gasteiger partial charge on any atom is -0.493 e. The van der Waals surface area contributed by atoms with Gasteiger partial charge in [0.25, 0.3) is 0 Å². The lowest BCUT2D eigenvalue weighted by Crippen LogP contribution is -1.99. The second-order valence-electron chi connectivity index (χ2n) is 3.80. The van der Waals surface area contributed by atoms with E-state index in [4.69, 9.17) is 15.2 Å². The molecule has 3 nitrogen and oxygen atoms in total. The number of hydrogen-bond acceptors (Lipinski definition) is 3. The van der Waals surface area contributed by atoms with Crippen LogP contribution in [0.1, 0.15) is 5.56 Å². The molecule has 2 aromatic carbocycles. The van der Waals surface area contributed by atoms with Crippen LogP contribution in [0.5, 0.6) is 11.5 Å². The van der Waals surface area contributed by atoms with Gasteiger partial charge < -0.3 is 15.2 Å². The molecule has 0 saturated heterocycles. The third-order valence-electron chi connectivity index (χ3n) is 2.53. The van der Waals surface area contributed by atoms with E-state index in [1.165, 1.54) is 12.1 Å². The number of ether oxygens (including phenoxy) is 2. The highest BCUT2D eigenvalue weighted by Gasteiger charge is 2.04. The molecule has 0 heterocycles. The summed E-state index contributed by atoms with van der Waals surface area (Å²) in [4.78, 5) is 0. The first-order chi connectivity index (χ1) is 8.70. The monoisotopic (exact) mass is 247 g/mol. The molecule has 0 aliphatic heterocycles. The van der Waals surface area contributed by atoms with Crippen molar-refractivity contribution in [1.29, 1.82) is 0 Å². The SMILES string of the molecule is COc1ccccc1OCc1ccc(N)c(F)c1. The number of nitrogen functional groups attached to an aromatic ring is 1. The molecular weight excluding hydrogens is 233 g/mol. The minimum absolute atomic E-state index is 0.135. The number of methoxy groups -OCH3 is 1. The first kappa shape index (κ1) is 12.2. The second-order valence-corrected chi connectivity index (χ2v) is 3.80. The van der Waals surface area contributed by atoms with Gasteiger partial charge in [-0.2, -0.15) is 0 Å². The standard InChI is InChI=1S/C14H14FNO2/c1-17-13-4-2-3-5-14(13)18-9-10-6-7-12(16)11(15)8-10/h2-8H,9,16H2,1H3. The number of anilines is 1. The molecule has 0 radical (unpaired) electrons. The summed E-state index contributed by atoms with van der Waals surface area (Å²) in [5, 5.41) is 0. The van der Waals surface area contributed by atoms with Gasteiger partial charge in [0.15, 0.2) is 11.5 Å². The second kappa shape index (κ2) is 5.40. The number of halogens is 1. The summed E-state index contributed by atoms with van der Waals surface area (Å²) in [5.41, 5.74) is 6.26. The van der Waals surface area contributed by atoms with Crippen molar-refractivity contribution in [1.82, 2.24) is 0 Å². The average Bonchev–Trinajstić information content (AvgIpc) is 2.40. The van der Waals surface area contributed by atoms with Crippen molar-refractivity contribution in [2.75, 3.05) is 12.8 Å². The van der Waals surface area contributed by atoms with Crippen LogP contribution in [-0.4, -0.2) is 7.11 Å². The van der Waals surface area contributed by atoms with Gasteiger partial charge in [0, 0.05) is 0 Å². The van der Waals surface area contributed by atoms with Gasteiger partial charge in [0.2, 0.25) is 0 Å². The molecule has 0 unspecified atom stereocenters. The van der Waals surface area contributed by atoms with Crippen molar-refractivity contribution in [3.8, 4) is 11.5 Å². The van der Waals surface area contributed by atoms with Gasteiger partial charge in [-0.1, -0.05) is 18.2 Å². The molecule has 0 bridgehead atoms. The number of benzene rings is 2. The molecule has 4 heteroatoms. The van der Waals surface area contributed by atoms with E-state index in [9.17, 15) is 4.39 Å². The predicted octanol–water partition coefficient (Wildman–Crippen LogP) is 3.00. The van der Waals surface area contributed by atoms with E-state index in [1.54, 1.807) is 25.3 Å². The van der Waals surface area contributed by atoms with Gasteiger partial charge in [-0.3, -0.25) is 0 Å². The summed E-state index contributed by atoms with van der Waals surface area (Å²) in [6.45, 7) is 0.261. The average molecular weight is 247 g/mol. The van der Waals surface area contributed by atoms with E-state index in [0.29, 0.717) is 17.1 Å². The largest absolute Gasteiger partial charge is 0.493 e. The normalized spacial score (nSPS) is 10.1. The Hall–Kier alpha value is -2.23. The summed E-state index contributed by atoms with van der Waals surface area (Å²) < 4.78 is 24.0. The molecule has 0 aromatic heterocycles. The van der Waals surface area contributed by atoms with Gasteiger partial charge in [-0.15, -0.1) is 0 Å². The Kier molecular flexibility index (Phi) is 3.67. The first-order valence-electron chi connectivity index (χ1n) is 5.50. The number of rotatable bonds is 4. The summed E-state index contributed by atoms with van der Waals surface area (Å²) in [7, 11) is 1.57. The van der Waals surface area contributed by atoms with Crippen molar-refractivity contribution in [3.63, 3.8) is 0 Å². The van der Waals surface area contributed by atoms with E-state index in [1.807, 2.05) is 12.1 Å². The summed E-state index contributed by atoms with van der Waals surface area (Å²) in [6, 6.07) is 11.9. The number of para-hydroxylation sites is 2. The van der Waals surface area contributed by atoms with Crippen LogP contribution in [0.2, 0.25) is 0 Å². The molecule has 2 aromatic rings.